The Bertz CT molecular complexity index is 1090. The van der Waals surface area contributed by atoms with E-state index in [0.29, 0.717) is 16.8 Å². The van der Waals surface area contributed by atoms with Crippen LogP contribution in [0.2, 0.25) is 0 Å². The highest BCUT2D eigenvalue weighted by atomic mass is 16.5. The first-order chi connectivity index (χ1) is 14.1. The van der Waals surface area contributed by atoms with Crippen LogP contribution in [-0.2, 0) is 11.8 Å². The van der Waals surface area contributed by atoms with Crippen LogP contribution in [0.3, 0.4) is 0 Å². The molecule has 1 amide bonds. The fourth-order valence-corrected chi connectivity index (χ4v) is 4.24. The lowest BCUT2D eigenvalue weighted by molar-refractivity contribution is -0.120. The summed E-state index contributed by atoms with van der Waals surface area (Å²) < 4.78 is 7.16. The normalized spacial score (nSPS) is 14.7. The SMILES string of the molecule is COc1ccc(-c2c(NC(=O)C3CCCCC3)n(C)c3ccccc3c2=O)cc1. The number of carbonyl (C=O) groups excluding carboxylic acids is 1. The molecule has 4 rings (SSSR count). The Morgan fingerprint density at radius 3 is 2.41 bits per heavy atom. The van der Waals surface area contributed by atoms with Crippen molar-refractivity contribution in [2.45, 2.75) is 32.1 Å². The maximum atomic E-state index is 13.4. The number of rotatable bonds is 4. The fraction of sp³-hybridized carbons (Fsp3) is 0.333. The highest BCUT2D eigenvalue weighted by Crippen LogP contribution is 2.31. The van der Waals surface area contributed by atoms with Crippen molar-refractivity contribution >= 4 is 22.6 Å². The number of methoxy groups -OCH3 is 1. The molecule has 1 aliphatic carbocycles. The number of fused-ring (bicyclic) bond motifs is 1. The summed E-state index contributed by atoms with van der Waals surface area (Å²) in [5, 5.41) is 3.74. The second-order valence-electron chi connectivity index (χ2n) is 7.68. The van der Waals surface area contributed by atoms with Gasteiger partial charge in [0.1, 0.15) is 11.6 Å². The molecule has 1 saturated carbocycles. The van der Waals surface area contributed by atoms with Crippen molar-refractivity contribution in [3.63, 3.8) is 0 Å². The number of carbonyl (C=O) groups is 1. The van der Waals surface area contributed by atoms with E-state index in [2.05, 4.69) is 5.32 Å². The van der Waals surface area contributed by atoms with Crippen LogP contribution >= 0.6 is 0 Å². The molecule has 5 heteroatoms. The van der Waals surface area contributed by atoms with Gasteiger partial charge in [-0.2, -0.15) is 0 Å². The zero-order valence-corrected chi connectivity index (χ0v) is 16.9. The number of aryl methyl sites for hydroxylation is 1. The van der Waals surface area contributed by atoms with E-state index >= 15 is 0 Å². The number of para-hydroxylation sites is 1. The molecule has 0 spiro atoms. The number of ether oxygens (including phenoxy) is 1. The van der Waals surface area contributed by atoms with Gasteiger partial charge >= 0.3 is 0 Å². The number of nitrogens with one attached hydrogen (secondary N) is 1. The second-order valence-corrected chi connectivity index (χ2v) is 7.68. The number of hydrogen-bond donors (Lipinski definition) is 1. The number of anilines is 1. The van der Waals surface area contributed by atoms with Crippen LogP contribution in [-0.4, -0.2) is 17.6 Å². The molecule has 0 unspecified atom stereocenters. The molecule has 1 fully saturated rings. The van der Waals surface area contributed by atoms with Crippen LogP contribution in [0.4, 0.5) is 5.82 Å². The molecule has 1 N–H and O–H groups in total. The summed E-state index contributed by atoms with van der Waals surface area (Å²) in [5.74, 6) is 1.28. The zero-order valence-electron chi connectivity index (χ0n) is 16.9. The van der Waals surface area contributed by atoms with Gasteiger partial charge in [-0.15, -0.1) is 0 Å². The van der Waals surface area contributed by atoms with Crippen LogP contribution in [0.15, 0.2) is 53.3 Å². The van der Waals surface area contributed by atoms with Crippen LogP contribution in [0.25, 0.3) is 22.0 Å². The van der Waals surface area contributed by atoms with Crippen LogP contribution < -0.4 is 15.5 Å². The molecular formula is C24H26N2O3. The summed E-state index contributed by atoms with van der Waals surface area (Å²) in [6, 6.07) is 14.9. The largest absolute Gasteiger partial charge is 0.497 e. The number of nitrogens with zero attached hydrogens (tertiary/aromatic N) is 1. The third-order valence-corrected chi connectivity index (χ3v) is 5.91. The van der Waals surface area contributed by atoms with E-state index in [9.17, 15) is 9.59 Å². The number of pyridine rings is 1. The molecule has 0 radical (unpaired) electrons. The Kier molecular flexibility index (Phi) is 5.38. The van der Waals surface area contributed by atoms with Crippen molar-refractivity contribution in [2.75, 3.05) is 12.4 Å². The van der Waals surface area contributed by atoms with Crippen molar-refractivity contribution in [2.24, 2.45) is 13.0 Å². The predicted octanol–water partition coefficient (Wildman–Crippen LogP) is 4.73. The molecule has 1 aliphatic rings. The van der Waals surface area contributed by atoms with E-state index in [-0.39, 0.29) is 17.3 Å². The van der Waals surface area contributed by atoms with Gasteiger partial charge in [-0.3, -0.25) is 9.59 Å². The molecule has 0 bridgehead atoms. The molecule has 2 aromatic carbocycles. The van der Waals surface area contributed by atoms with E-state index in [0.717, 1.165) is 42.5 Å². The van der Waals surface area contributed by atoms with Gasteiger partial charge in [-0.1, -0.05) is 43.5 Å². The molecule has 0 aliphatic heterocycles. The maximum Gasteiger partial charge on any atom is 0.228 e. The smallest absolute Gasteiger partial charge is 0.228 e. The zero-order chi connectivity index (χ0) is 20.4. The topological polar surface area (TPSA) is 60.3 Å². The van der Waals surface area contributed by atoms with E-state index in [1.807, 2.05) is 60.1 Å². The van der Waals surface area contributed by atoms with Crippen LogP contribution in [0.1, 0.15) is 32.1 Å². The Balaban J connectivity index is 1.87. The summed E-state index contributed by atoms with van der Waals surface area (Å²) >= 11 is 0. The van der Waals surface area contributed by atoms with Gasteiger partial charge in [0.2, 0.25) is 5.91 Å². The van der Waals surface area contributed by atoms with Crippen molar-refractivity contribution in [3.8, 4) is 16.9 Å². The quantitative estimate of drug-likeness (QED) is 0.700. The van der Waals surface area contributed by atoms with Crippen molar-refractivity contribution in [1.29, 1.82) is 0 Å². The van der Waals surface area contributed by atoms with Gasteiger partial charge in [0, 0.05) is 18.4 Å². The van der Waals surface area contributed by atoms with Gasteiger partial charge in [0.05, 0.1) is 18.2 Å². The minimum absolute atomic E-state index is 0.00439. The van der Waals surface area contributed by atoms with Crippen molar-refractivity contribution in [3.05, 3.63) is 58.8 Å². The highest BCUT2D eigenvalue weighted by molar-refractivity contribution is 5.99. The first kappa shape index (κ1) is 19.2. The Hall–Kier alpha value is -3.08. The van der Waals surface area contributed by atoms with Gasteiger partial charge in [-0.25, -0.2) is 0 Å². The Morgan fingerprint density at radius 1 is 1.03 bits per heavy atom. The van der Waals surface area contributed by atoms with E-state index in [4.69, 9.17) is 4.74 Å². The molecule has 0 saturated heterocycles. The lowest BCUT2D eigenvalue weighted by atomic mass is 9.88. The van der Waals surface area contributed by atoms with Crippen LogP contribution in [0.5, 0.6) is 5.75 Å². The summed E-state index contributed by atoms with van der Waals surface area (Å²) in [6.07, 6.45) is 5.17. The van der Waals surface area contributed by atoms with Gasteiger partial charge in [0.15, 0.2) is 5.43 Å². The van der Waals surface area contributed by atoms with E-state index < -0.39 is 0 Å². The monoisotopic (exact) mass is 390 g/mol. The molecule has 1 heterocycles. The number of amides is 1. The first-order valence-electron chi connectivity index (χ1n) is 10.2. The molecule has 150 valence electrons. The summed E-state index contributed by atoms with van der Waals surface area (Å²) in [6.45, 7) is 0. The third-order valence-electron chi connectivity index (χ3n) is 5.91. The molecule has 1 aromatic heterocycles. The molecule has 5 nitrogen and oxygen atoms in total. The average molecular weight is 390 g/mol. The minimum Gasteiger partial charge on any atom is -0.497 e. The number of aromatic nitrogens is 1. The van der Waals surface area contributed by atoms with Crippen molar-refractivity contribution < 1.29 is 9.53 Å². The lowest BCUT2D eigenvalue weighted by Crippen LogP contribution is -2.28. The maximum absolute atomic E-state index is 13.4. The molecule has 3 aromatic rings. The standard InChI is InChI=1S/C24H26N2O3/c1-26-20-11-7-6-10-19(20)22(27)21(16-12-14-18(29-2)15-13-16)23(26)25-24(28)17-8-4-3-5-9-17/h6-7,10-15,17H,3-5,8-9H2,1-2H3,(H,25,28). The molecule has 29 heavy (non-hydrogen) atoms. The number of benzene rings is 2. The Labute approximate surface area is 170 Å². The summed E-state index contributed by atoms with van der Waals surface area (Å²) in [5.41, 5.74) is 1.99. The minimum atomic E-state index is -0.0807. The van der Waals surface area contributed by atoms with Gasteiger partial charge in [0.25, 0.3) is 0 Å². The lowest BCUT2D eigenvalue weighted by Gasteiger charge is -2.23. The van der Waals surface area contributed by atoms with Crippen LogP contribution in [0, 0.1) is 5.92 Å². The average Bonchev–Trinajstić information content (AvgIpc) is 2.78. The first-order valence-corrected chi connectivity index (χ1v) is 10.2. The fourth-order valence-electron chi connectivity index (χ4n) is 4.24. The van der Waals surface area contributed by atoms with E-state index in [1.165, 1.54) is 6.42 Å². The predicted molar refractivity (Wildman–Crippen MR) is 116 cm³/mol. The van der Waals surface area contributed by atoms with E-state index in [1.54, 1.807) is 7.11 Å². The number of hydrogen-bond acceptors (Lipinski definition) is 3. The van der Waals surface area contributed by atoms with Gasteiger partial charge in [-0.05, 0) is 42.7 Å². The molecular weight excluding hydrogens is 364 g/mol. The van der Waals surface area contributed by atoms with Gasteiger partial charge < -0.3 is 14.6 Å². The Morgan fingerprint density at radius 2 is 1.72 bits per heavy atom. The third kappa shape index (κ3) is 3.65. The molecule has 0 atom stereocenters. The highest BCUT2D eigenvalue weighted by Gasteiger charge is 2.24. The van der Waals surface area contributed by atoms with Crippen molar-refractivity contribution in [1.82, 2.24) is 4.57 Å². The summed E-state index contributed by atoms with van der Waals surface area (Å²) in [4.78, 5) is 26.4. The second kappa shape index (κ2) is 8.11. The summed E-state index contributed by atoms with van der Waals surface area (Å²) in [7, 11) is 3.51.